The van der Waals surface area contributed by atoms with E-state index in [-0.39, 0.29) is 0 Å². The van der Waals surface area contributed by atoms with E-state index in [9.17, 15) is 0 Å². The largest absolute Gasteiger partial charge is 0.495 e. The summed E-state index contributed by atoms with van der Waals surface area (Å²) in [7, 11) is 3.66. The van der Waals surface area contributed by atoms with E-state index in [1.807, 2.05) is 25.2 Å². The first-order valence-corrected chi connectivity index (χ1v) is 5.81. The van der Waals surface area contributed by atoms with Crippen molar-refractivity contribution in [3.63, 3.8) is 0 Å². The maximum atomic E-state index is 6.37. The van der Waals surface area contributed by atoms with Gasteiger partial charge in [-0.1, -0.05) is 29.8 Å². The summed E-state index contributed by atoms with van der Waals surface area (Å²) >= 11 is 6.37. The van der Waals surface area contributed by atoms with Gasteiger partial charge in [-0.25, -0.2) is 0 Å². The van der Waals surface area contributed by atoms with Crippen LogP contribution in [0.15, 0.2) is 36.4 Å². The van der Waals surface area contributed by atoms with Gasteiger partial charge in [0.05, 0.1) is 12.6 Å². The van der Waals surface area contributed by atoms with Crippen molar-refractivity contribution in [3.05, 3.63) is 41.4 Å². The Bertz CT molecular complexity index is 715. The van der Waals surface area contributed by atoms with E-state index in [1.165, 1.54) is 10.9 Å². The maximum absolute atomic E-state index is 6.37. The van der Waals surface area contributed by atoms with Crippen LogP contribution in [-0.2, 0) is 7.05 Å². The molecule has 0 atom stereocenters. The Labute approximate surface area is 104 Å². The standard InChI is InChI=1S/C14H12ClNO/c1-16-11-6-4-3-5-9(11)10-7-8-12(17-2)13(15)14(10)16/h3-8H,1-2H3. The van der Waals surface area contributed by atoms with Gasteiger partial charge >= 0.3 is 0 Å². The van der Waals surface area contributed by atoms with E-state index in [0.717, 1.165) is 10.9 Å². The van der Waals surface area contributed by atoms with Gasteiger partial charge < -0.3 is 9.30 Å². The molecule has 0 N–H and O–H groups in total. The monoisotopic (exact) mass is 245 g/mol. The molecule has 3 aromatic rings. The topological polar surface area (TPSA) is 14.2 Å². The van der Waals surface area contributed by atoms with Crippen LogP contribution in [0.2, 0.25) is 5.02 Å². The van der Waals surface area contributed by atoms with Crippen molar-refractivity contribution in [2.45, 2.75) is 0 Å². The van der Waals surface area contributed by atoms with Crippen molar-refractivity contribution in [3.8, 4) is 5.75 Å². The molecule has 0 spiro atoms. The molecular formula is C14H12ClNO. The van der Waals surface area contributed by atoms with E-state index < -0.39 is 0 Å². The predicted molar refractivity (Wildman–Crippen MR) is 72.0 cm³/mol. The summed E-state index contributed by atoms with van der Waals surface area (Å²) in [5.41, 5.74) is 2.20. The molecule has 0 unspecified atom stereocenters. The van der Waals surface area contributed by atoms with Crippen LogP contribution >= 0.6 is 11.6 Å². The van der Waals surface area contributed by atoms with Crippen molar-refractivity contribution in [1.82, 2.24) is 4.57 Å². The third kappa shape index (κ3) is 1.34. The number of para-hydroxylation sites is 1. The van der Waals surface area contributed by atoms with Gasteiger partial charge in [-0.05, 0) is 18.2 Å². The van der Waals surface area contributed by atoms with Gasteiger partial charge in [-0.3, -0.25) is 0 Å². The molecule has 3 heteroatoms. The SMILES string of the molecule is COc1ccc2c3ccccc3n(C)c2c1Cl. The van der Waals surface area contributed by atoms with Crippen LogP contribution in [0.4, 0.5) is 0 Å². The number of nitrogens with zero attached hydrogens (tertiary/aromatic N) is 1. The minimum absolute atomic E-state index is 0.670. The third-order valence-corrected chi connectivity index (χ3v) is 3.56. The summed E-state index contributed by atoms with van der Waals surface area (Å²) in [6.07, 6.45) is 0. The van der Waals surface area contributed by atoms with Crippen LogP contribution in [-0.4, -0.2) is 11.7 Å². The molecule has 0 fully saturated rings. The lowest BCUT2D eigenvalue weighted by Gasteiger charge is -2.05. The molecular weight excluding hydrogens is 234 g/mol. The fourth-order valence-electron chi connectivity index (χ4n) is 2.36. The molecule has 17 heavy (non-hydrogen) atoms. The van der Waals surface area contributed by atoms with E-state index in [0.29, 0.717) is 10.8 Å². The second-order valence-corrected chi connectivity index (χ2v) is 4.43. The molecule has 0 radical (unpaired) electrons. The average molecular weight is 246 g/mol. The predicted octanol–water partition coefficient (Wildman–Crippen LogP) is 3.99. The molecule has 0 saturated carbocycles. The van der Waals surface area contributed by atoms with Crippen LogP contribution in [0.1, 0.15) is 0 Å². The molecule has 0 aliphatic rings. The zero-order valence-corrected chi connectivity index (χ0v) is 10.5. The quantitative estimate of drug-likeness (QED) is 0.632. The first-order chi connectivity index (χ1) is 8.24. The maximum Gasteiger partial charge on any atom is 0.139 e. The van der Waals surface area contributed by atoms with Gasteiger partial charge in [0.15, 0.2) is 0 Å². The van der Waals surface area contributed by atoms with E-state index in [4.69, 9.17) is 16.3 Å². The van der Waals surface area contributed by atoms with Gasteiger partial charge in [0, 0.05) is 23.3 Å². The Hall–Kier alpha value is -1.67. The molecule has 1 heterocycles. The zero-order valence-electron chi connectivity index (χ0n) is 9.70. The summed E-state index contributed by atoms with van der Waals surface area (Å²) in [6, 6.07) is 12.3. The van der Waals surface area contributed by atoms with Gasteiger partial charge in [0.2, 0.25) is 0 Å². The third-order valence-electron chi connectivity index (χ3n) is 3.19. The molecule has 0 saturated heterocycles. The lowest BCUT2D eigenvalue weighted by Crippen LogP contribution is -1.90. The Kier molecular flexibility index (Phi) is 2.26. The highest BCUT2D eigenvalue weighted by Crippen LogP contribution is 2.37. The number of aryl methyl sites for hydroxylation is 1. The minimum atomic E-state index is 0.670. The number of benzene rings is 2. The number of fused-ring (bicyclic) bond motifs is 3. The van der Waals surface area contributed by atoms with Crippen molar-refractivity contribution in [1.29, 1.82) is 0 Å². The van der Waals surface area contributed by atoms with Crippen molar-refractivity contribution >= 4 is 33.4 Å². The fraction of sp³-hybridized carbons (Fsp3) is 0.143. The van der Waals surface area contributed by atoms with Crippen LogP contribution in [0.3, 0.4) is 0 Å². The molecule has 1 aromatic heterocycles. The van der Waals surface area contributed by atoms with E-state index >= 15 is 0 Å². The van der Waals surface area contributed by atoms with E-state index in [1.54, 1.807) is 7.11 Å². The Morgan fingerprint density at radius 1 is 1.06 bits per heavy atom. The molecule has 86 valence electrons. The number of halogens is 1. The smallest absolute Gasteiger partial charge is 0.139 e. The average Bonchev–Trinajstić information content (AvgIpc) is 2.65. The lowest BCUT2D eigenvalue weighted by molar-refractivity contribution is 0.415. The first-order valence-electron chi connectivity index (χ1n) is 5.43. The van der Waals surface area contributed by atoms with Gasteiger partial charge in [-0.2, -0.15) is 0 Å². The van der Waals surface area contributed by atoms with Crippen molar-refractivity contribution in [2.24, 2.45) is 7.05 Å². The summed E-state index contributed by atoms with van der Waals surface area (Å²) in [5.74, 6) is 0.713. The van der Waals surface area contributed by atoms with Crippen LogP contribution in [0, 0.1) is 0 Å². The zero-order chi connectivity index (χ0) is 12.0. The van der Waals surface area contributed by atoms with Crippen LogP contribution < -0.4 is 4.74 Å². The highest BCUT2D eigenvalue weighted by atomic mass is 35.5. The highest BCUT2D eigenvalue weighted by Gasteiger charge is 2.13. The van der Waals surface area contributed by atoms with Gasteiger partial charge in [0.1, 0.15) is 10.8 Å². The number of hydrogen-bond donors (Lipinski definition) is 0. The Morgan fingerprint density at radius 3 is 2.59 bits per heavy atom. The molecule has 0 aliphatic heterocycles. The summed E-state index contributed by atoms with van der Waals surface area (Å²) in [6.45, 7) is 0. The van der Waals surface area contributed by atoms with Gasteiger partial charge in [-0.15, -0.1) is 0 Å². The first kappa shape index (κ1) is 10.5. The molecule has 0 aliphatic carbocycles. The minimum Gasteiger partial charge on any atom is -0.495 e. The number of ether oxygens (including phenoxy) is 1. The molecule has 0 bridgehead atoms. The fourth-order valence-corrected chi connectivity index (χ4v) is 2.73. The molecule has 2 aromatic carbocycles. The molecule has 3 rings (SSSR count). The Morgan fingerprint density at radius 2 is 1.82 bits per heavy atom. The number of rotatable bonds is 1. The lowest BCUT2D eigenvalue weighted by atomic mass is 10.1. The normalized spacial score (nSPS) is 11.2. The second-order valence-electron chi connectivity index (χ2n) is 4.05. The molecule has 0 amide bonds. The highest BCUT2D eigenvalue weighted by molar-refractivity contribution is 6.37. The summed E-state index contributed by atoms with van der Waals surface area (Å²) < 4.78 is 7.37. The number of aromatic nitrogens is 1. The second kappa shape index (κ2) is 3.67. The summed E-state index contributed by atoms with van der Waals surface area (Å²) in [5, 5.41) is 3.05. The number of methoxy groups -OCH3 is 1. The Balaban J connectivity index is 2.57. The van der Waals surface area contributed by atoms with Crippen LogP contribution in [0.25, 0.3) is 21.8 Å². The summed E-state index contributed by atoms with van der Waals surface area (Å²) in [4.78, 5) is 0. The molecule has 2 nitrogen and oxygen atoms in total. The number of hydrogen-bond acceptors (Lipinski definition) is 1. The van der Waals surface area contributed by atoms with Gasteiger partial charge in [0.25, 0.3) is 0 Å². The van der Waals surface area contributed by atoms with Crippen molar-refractivity contribution in [2.75, 3.05) is 7.11 Å². The van der Waals surface area contributed by atoms with E-state index in [2.05, 4.69) is 22.8 Å². The van der Waals surface area contributed by atoms with Crippen LogP contribution in [0.5, 0.6) is 5.75 Å². The van der Waals surface area contributed by atoms with Crippen molar-refractivity contribution < 1.29 is 4.74 Å².